The Kier molecular flexibility index (Phi) is 3.37. The minimum absolute atomic E-state index is 0.104. The molecule has 4 heteroatoms. The Balaban J connectivity index is 2.36. The molecule has 0 saturated heterocycles. The molecule has 0 amide bonds. The van der Waals surface area contributed by atoms with Gasteiger partial charge in [-0.05, 0) is 31.2 Å². The highest BCUT2D eigenvalue weighted by Gasteiger charge is 2.14. The number of ketones is 1. The van der Waals surface area contributed by atoms with Crippen molar-refractivity contribution in [2.75, 3.05) is 14.2 Å². The van der Waals surface area contributed by atoms with Gasteiger partial charge in [-0.1, -0.05) is 0 Å². The minimum Gasteiger partial charge on any atom is -0.493 e. The number of carbonyl (C=O) groups excluding carboxylic acids is 1. The third-order valence-electron chi connectivity index (χ3n) is 2.64. The van der Waals surface area contributed by atoms with Crippen LogP contribution in [-0.2, 0) is 0 Å². The highest BCUT2D eigenvalue weighted by atomic mass is 16.5. The third kappa shape index (κ3) is 2.22. The maximum Gasteiger partial charge on any atom is 0.196 e. The third-order valence-corrected chi connectivity index (χ3v) is 2.64. The summed E-state index contributed by atoms with van der Waals surface area (Å²) in [6, 6.07) is 6.77. The maximum atomic E-state index is 12.2. The molecule has 94 valence electrons. The summed E-state index contributed by atoms with van der Waals surface area (Å²) >= 11 is 0. The van der Waals surface area contributed by atoms with Crippen LogP contribution < -0.4 is 9.47 Å². The lowest BCUT2D eigenvalue weighted by molar-refractivity contribution is 0.103. The average Bonchev–Trinajstić information content (AvgIpc) is 2.83. The predicted molar refractivity (Wildman–Crippen MR) is 66.4 cm³/mol. The van der Waals surface area contributed by atoms with Crippen molar-refractivity contribution in [3.8, 4) is 11.5 Å². The molecule has 0 aliphatic heterocycles. The second-order valence-electron chi connectivity index (χ2n) is 3.84. The topological polar surface area (TPSA) is 48.7 Å². The van der Waals surface area contributed by atoms with Crippen molar-refractivity contribution >= 4 is 5.78 Å². The van der Waals surface area contributed by atoms with Crippen LogP contribution in [0.5, 0.6) is 11.5 Å². The molecule has 0 aliphatic rings. The van der Waals surface area contributed by atoms with Gasteiger partial charge < -0.3 is 13.9 Å². The number of carbonyl (C=O) groups is 1. The van der Waals surface area contributed by atoms with E-state index in [2.05, 4.69) is 0 Å². The summed E-state index contributed by atoms with van der Waals surface area (Å²) in [5.74, 6) is 1.73. The van der Waals surface area contributed by atoms with Crippen molar-refractivity contribution in [2.24, 2.45) is 0 Å². The molecule has 1 heterocycles. The van der Waals surface area contributed by atoms with Gasteiger partial charge in [0.25, 0.3) is 0 Å². The quantitative estimate of drug-likeness (QED) is 0.778. The van der Waals surface area contributed by atoms with Crippen molar-refractivity contribution < 1.29 is 18.7 Å². The first-order chi connectivity index (χ1) is 8.65. The second kappa shape index (κ2) is 4.96. The largest absolute Gasteiger partial charge is 0.493 e. The molecule has 2 rings (SSSR count). The Morgan fingerprint density at radius 2 is 1.78 bits per heavy atom. The van der Waals surface area contributed by atoms with Crippen LogP contribution in [0.3, 0.4) is 0 Å². The Bertz CT molecular complexity index is 569. The van der Waals surface area contributed by atoms with Crippen LogP contribution >= 0.6 is 0 Å². The lowest BCUT2D eigenvalue weighted by atomic mass is 10.1. The van der Waals surface area contributed by atoms with E-state index in [9.17, 15) is 4.79 Å². The molecule has 0 radical (unpaired) electrons. The van der Waals surface area contributed by atoms with Crippen LogP contribution in [0.15, 0.2) is 34.9 Å². The van der Waals surface area contributed by atoms with E-state index in [0.29, 0.717) is 28.4 Å². The molecule has 0 fully saturated rings. The SMILES string of the molecule is COc1ccc(C(=O)c2coc(C)c2)cc1OC. The standard InChI is InChI=1S/C14H14O4/c1-9-6-11(8-18-9)14(15)10-4-5-12(16-2)13(7-10)17-3/h4-8H,1-3H3. The van der Waals surface area contributed by atoms with Crippen LogP contribution in [-0.4, -0.2) is 20.0 Å². The molecular formula is C14H14O4. The molecule has 0 spiro atoms. The first kappa shape index (κ1) is 12.2. The first-order valence-electron chi connectivity index (χ1n) is 5.47. The zero-order chi connectivity index (χ0) is 13.1. The molecular weight excluding hydrogens is 232 g/mol. The highest BCUT2D eigenvalue weighted by Crippen LogP contribution is 2.28. The van der Waals surface area contributed by atoms with E-state index < -0.39 is 0 Å². The molecule has 1 aromatic heterocycles. The lowest BCUT2D eigenvalue weighted by Crippen LogP contribution is -2.01. The van der Waals surface area contributed by atoms with E-state index in [1.807, 2.05) is 0 Å². The van der Waals surface area contributed by atoms with Gasteiger partial charge in [-0.2, -0.15) is 0 Å². The summed E-state index contributed by atoms with van der Waals surface area (Å²) in [6.45, 7) is 1.80. The van der Waals surface area contributed by atoms with Gasteiger partial charge in [-0.25, -0.2) is 0 Å². The Labute approximate surface area is 105 Å². The number of methoxy groups -OCH3 is 2. The molecule has 0 unspecified atom stereocenters. The van der Waals surface area contributed by atoms with Gasteiger partial charge in [-0.15, -0.1) is 0 Å². The molecule has 0 bridgehead atoms. The Hall–Kier alpha value is -2.23. The van der Waals surface area contributed by atoms with Crippen LogP contribution in [0.25, 0.3) is 0 Å². The zero-order valence-electron chi connectivity index (χ0n) is 10.5. The number of hydrogen-bond donors (Lipinski definition) is 0. The average molecular weight is 246 g/mol. The summed E-state index contributed by atoms with van der Waals surface area (Å²) in [5, 5.41) is 0. The number of rotatable bonds is 4. The van der Waals surface area contributed by atoms with Crippen LogP contribution in [0.1, 0.15) is 21.7 Å². The Morgan fingerprint density at radius 1 is 1.06 bits per heavy atom. The number of aryl methyl sites for hydroxylation is 1. The summed E-state index contributed by atoms with van der Waals surface area (Å²) in [4.78, 5) is 12.2. The van der Waals surface area contributed by atoms with E-state index in [4.69, 9.17) is 13.9 Å². The molecule has 4 nitrogen and oxygen atoms in total. The lowest BCUT2D eigenvalue weighted by Gasteiger charge is -2.08. The molecule has 0 saturated carbocycles. The number of ether oxygens (including phenoxy) is 2. The smallest absolute Gasteiger partial charge is 0.196 e. The Morgan fingerprint density at radius 3 is 2.33 bits per heavy atom. The monoisotopic (exact) mass is 246 g/mol. The maximum absolute atomic E-state index is 12.2. The minimum atomic E-state index is -0.104. The van der Waals surface area contributed by atoms with Crippen molar-refractivity contribution in [1.82, 2.24) is 0 Å². The molecule has 18 heavy (non-hydrogen) atoms. The second-order valence-corrected chi connectivity index (χ2v) is 3.84. The summed E-state index contributed by atoms with van der Waals surface area (Å²) in [6.07, 6.45) is 1.45. The van der Waals surface area contributed by atoms with Crippen LogP contribution in [0.4, 0.5) is 0 Å². The fraction of sp³-hybridized carbons (Fsp3) is 0.214. The zero-order valence-corrected chi connectivity index (χ0v) is 10.5. The highest BCUT2D eigenvalue weighted by molar-refractivity contribution is 6.09. The molecule has 2 aromatic rings. The summed E-state index contributed by atoms with van der Waals surface area (Å²) < 4.78 is 15.4. The van der Waals surface area contributed by atoms with Crippen LogP contribution in [0.2, 0.25) is 0 Å². The van der Waals surface area contributed by atoms with Gasteiger partial charge in [0, 0.05) is 5.56 Å². The van der Waals surface area contributed by atoms with Gasteiger partial charge in [0.15, 0.2) is 17.3 Å². The molecule has 1 aromatic carbocycles. The van der Waals surface area contributed by atoms with E-state index >= 15 is 0 Å². The molecule has 0 aliphatic carbocycles. The van der Waals surface area contributed by atoms with E-state index in [0.717, 1.165) is 0 Å². The van der Waals surface area contributed by atoms with Crippen molar-refractivity contribution in [3.05, 3.63) is 47.4 Å². The van der Waals surface area contributed by atoms with Crippen molar-refractivity contribution in [2.45, 2.75) is 6.92 Å². The van der Waals surface area contributed by atoms with Crippen LogP contribution in [0, 0.1) is 6.92 Å². The molecule has 0 N–H and O–H groups in total. The van der Waals surface area contributed by atoms with Gasteiger partial charge in [-0.3, -0.25) is 4.79 Å². The number of benzene rings is 1. The van der Waals surface area contributed by atoms with E-state index in [1.165, 1.54) is 13.4 Å². The van der Waals surface area contributed by atoms with E-state index in [1.54, 1.807) is 38.3 Å². The first-order valence-corrected chi connectivity index (χ1v) is 5.47. The van der Waals surface area contributed by atoms with Gasteiger partial charge in [0.2, 0.25) is 0 Å². The predicted octanol–water partition coefficient (Wildman–Crippen LogP) is 2.84. The van der Waals surface area contributed by atoms with Crippen molar-refractivity contribution in [3.63, 3.8) is 0 Å². The normalized spacial score (nSPS) is 10.2. The number of furan rings is 1. The van der Waals surface area contributed by atoms with Gasteiger partial charge in [0.05, 0.1) is 19.8 Å². The molecule has 0 atom stereocenters. The number of hydrogen-bond acceptors (Lipinski definition) is 4. The van der Waals surface area contributed by atoms with Gasteiger partial charge in [0.1, 0.15) is 12.0 Å². The fourth-order valence-electron chi connectivity index (χ4n) is 1.71. The van der Waals surface area contributed by atoms with E-state index in [-0.39, 0.29) is 5.78 Å². The van der Waals surface area contributed by atoms with Crippen molar-refractivity contribution in [1.29, 1.82) is 0 Å². The summed E-state index contributed by atoms with van der Waals surface area (Å²) in [7, 11) is 3.09. The summed E-state index contributed by atoms with van der Waals surface area (Å²) in [5.41, 5.74) is 1.06. The van der Waals surface area contributed by atoms with Gasteiger partial charge >= 0.3 is 0 Å². The fourth-order valence-corrected chi connectivity index (χ4v) is 1.71.